The standard InChI is InChI=1S/C14H18F2N2O4/c1-9(19)10-4-5-17(7-10)8-11-6-12(18(20)21)2-3-13(11)22-14(15)16/h2-3,6,9-10,14,19H,4-5,7-8H2,1H3. The second-order valence-corrected chi connectivity index (χ2v) is 5.45. The molecule has 6 nitrogen and oxygen atoms in total. The number of aliphatic hydroxyl groups is 1. The lowest BCUT2D eigenvalue weighted by Crippen LogP contribution is -2.24. The fraction of sp³-hybridized carbons (Fsp3) is 0.571. The van der Waals surface area contributed by atoms with Gasteiger partial charge in [-0.15, -0.1) is 0 Å². The average molecular weight is 316 g/mol. The molecule has 0 spiro atoms. The van der Waals surface area contributed by atoms with Crippen LogP contribution in [-0.4, -0.2) is 40.7 Å². The third-order valence-corrected chi connectivity index (χ3v) is 3.86. The van der Waals surface area contributed by atoms with E-state index in [-0.39, 0.29) is 23.9 Å². The van der Waals surface area contributed by atoms with Crippen molar-refractivity contribution >= 4 is 5.69 Å². The highest BCUT2D eigenvalue weighted by Crippen LogP contribution is 2.29. The summed E-state index contributed by atoms with van der Waals surface area (Å²) in [7, 11) is 0. The topological polar surface area (TPSA) is 75.8 Å². The summed E-state index contributed by atoms with van der Waals surface area (Å²) in [5.41, 5.74) is 0.184. The average Bonchev–Trinajstić information content (AvgIpc) is 2.88. The van der Waals surface area contributed by atoms with Crippen LogP contribution >= 0.6 is 0 Å². The third-order valence-electron chi connectivity index (χ3n) is 3.86. The molecular weight excluding hydrogens is 298 g/mol. The van der Waals surface area contributed by atoms with Gasteiger partial charge in [-0.3, -0.25) is 15.0 Å². The van der Waals surface area contributed by atoms with Crippen molar-refractivity contribution in [1.29, 1.82) is 0 Å². The van der Waals surface area contributed by atoms with Crippen molar-refractivity contribution in [3.8, 4) is 5.75 Å². The number of aliphatic hydroxyl groups excluding tert-OH is 1. The van der Waals surface area contributed by atoms with Gasteiger partial charge in [-0.1, -0.05) is 0 Å². The molecule has 1 N–H and O–H groups in total. The monoisotopic (exact) mass is 316 g/mol. The van der Waals surface area contributed by atoms with Crippen LogP contribution in [0.2, 0.25) is 0 Å². The molecule has 1 aromatic rings. The van der Waals surface area contributed by atoms with Gasteiger partial charge < -0.3 is 9.84 Å². The van der Waals surface area contributed by atoms with Crippen molar-refractivity contribution in [1.82, 2.24) is 4.90 Å². The van der Waals surface area contributed by atoms with Crippen LogP contribution in [0.1, 0.15) is 18.9 Å². The van der Waals surface area contributed by atoms with E-state index < -0.39 is 17.6 Å². The smallest absolute Gasteiger partial charge is 0.387 e. The largest absolute Gasteiger partial charge is 0.434 e. The lowest BCUT2D eigenvalue weighted by atomic mass is 10.0. The number of halogens is 2. The first kappa shape index (κ1) is 16.6. The van der Waals surface area contributed by atoms with Gasteiger partial charge in [-0.2, -0.15) is 8.78 Å². The number of likely N-dealkylation sites (tertiary alicyclic amines) is 1. The molecule has 1 fully saturated rings. The fourth-order valence-electron chi connectivity index (χ4n) is 2.65. The molecule has 2 rings (SSSR count). The Morgan fingerprint density at radius 1 is 1.55 bits per heavy atom. The van der Waals surface area contributed by atoms with Crippen molar-refractivity contribution in [2.75, 3.05) is 13.1 Å². The predicted molar refractivity (Wildman–Crippen MR) is 74.8 cm³/mol. The van der Waals surface area contributed by atoms with E-state index in [1.54, 1.807) is 6.92 Å². The number of benzene rings is 1. The van der Waals surface area contributed by atoms with Crippen molar-refractivity contribution in [3.63, 3.8) is 0 Å². The Kier molecular flexibility index (Phi) is 5.25. The predicted octanol–water partition coefficient (Wildman–Crippen LogP) is 2.40. The summed E-state index contributed by atoms with van der Waals surface area (Å²) in [5, 5.41) is 20.4. The van der Waals surface area contributed by atoms with Crippen LogP contribution in [0.3, 0.4) is 0 Å². The molecule has 1 saturated heterocycles. The highest BCUT2D eigenvalue weighted by Gasteiger charge is 2.27. The van der Waals surface area contributed by atoms with Crippen LogP contribution in [0.15, 0.2) is 18.2 Å². The van der Waals surface area contributed by atoms with Gasteiger partial charge >= 0.3 is 6.61 Å². The number of non-ortho nitro benzene ring substituents is 1. The van der Waals surface area contributed by atoms with Gasteiger partial charge in [0.1, 0.15) is 5.75 Å². The van der Waals surface area contributed by atoms with E-state index in [0.717, 1.165) is 12.5 Å². The zero-order chi connectivity index (χ0) is 16.3. The van der Waals surface area contributed by atoms with Crippen molar-refractivity contribution < 1.29 is 23.5 Å². The number of nitro benzene ring substituents is 1. The van der Waals surface area contributed by atoms with Crippen LogP contribution in [-0.2, 0) is 6.54 Å². The SMILES string of the molecule is CC(O)C1CCN(Cc2cc([N+](=O)[O-])ccc2OC(F)F)C1. The van der Waals surface area contributed by atoms with Gasteiger partial charge in [0.2, 0.25) is 0 Å². The van der Waals surface area contributed by atoms with E-state index in [1.807, 2.05) is 4.90 Å². The van der Waals surface area contributed by atoms with Crippen molar-refractivity contribution in [3.05, 3.63) is 33.9 Å². The molecule has 1 aliphatic heterocycles. The number of hydrogen-bond donors (Lipinski definition) is 1. The van der Waals surface area contributed by atoms with Gasteiger partial charge in [0, 0.05) is 30.8 Å². The summed E-state index contributed by atoms with van der Waals surface area (Å²) in [6.45, 7) is 0.324. The summed E-state index contributed by atoms with van der Waals surface area (Å²) in [5.74, 6) is 0.0688. The molecule has 0 radical (unpaired) electrons. The van der Waals surface area contributed by atoms with Gasteiger partial charge in [0.15, 0.2) is 0 Å². The number of nitrogens with zero attached hydrogens (tertiary/aromatic N) is 2. The van der Waals surface area contributed by atoms with Gasteiger partial charge in [-0.25, -0.2) is 0 Å². The molecule has 0 aromatic heterocycles. The molecule has 1 heterocycles. The first-order chi connectivity index (χ1) is 10.4. The Bertz CT molecular complexity index is 540. The molecule has 1 aliphatic rings. The van der Waals surface area contributed by atoms with Crippen molar-refractivity contribution in [2.45, 2.75) is 32.6 Å². The maximum absolute atomic E-state index is 12.4. The fourth-order valence-corrected chi connectivity index (χ4v) is 2.65. The quantitative estimate of drug-likeness (QED) is 0.644. The minimum absolute atomic E-state index is 0.0545. The van der Waals surface area contributed by atoms with E-state index in [9.17, 15) is 24.0 Å². The maximum Gasteiger partial charge on any atom is 0.387 e. The zero-order valence-corrected chi connectivity index (χ0v) is 12.1. The molecule has 0 bridgehead atoms. The molecule has 1 aromatic carbocycles. The van der Waals surface area contributed by atoms with Gasteiger partial charge in [0.05, 0.1) is 11.0 Å². The summed E-state index contributed by atoms with van der Waals surface area (Å²) in [6.07, 6.45) is 0.365. The minimum Gasteiger partial charge on any atom is -0.434 e. The second-order valence-electron chi connectivity index (χ2n) is 5.45. The Labute approximate surface area is 126 Å². The molecule has 2 atom stereocenters. The Hall–Kier alpha value is -1.80. The van der Waals surface area contributed by atoms with E-state index in [4.69, 9.17) is 0 Å². The van der Waals surface area contributed by atoms with E-state index in [1.165, 1.54) is 12.1 Å². The van der Waals surface area contributed by atoms with Crippen molar-refractivity contribution in [2.24, 2.45) is 5.92 Å². The third kappa shape index (κ3) is 4.11. The highest BCUT2D eigenvalue weighted by atomic mass is 19.3. The first-order valence-corrected chi connectivity index (χ1v) is 6.99. The molecule has 22 heavy (non-hydrogen) atoms. The summed E-state index contributed by atoms with van der Waals surface area (Å²) in [6, 6.07) is 3.60. The first-order valence-electron chi connectivity index (χ1n) is 6.99. The zero-order valence-electron chi connectivity index (χ0n) is 12.1. The Balaban J connectivity index is 2.16. The van der Waals surface area contributed by atoms with Crippen LogP contribution in [0.4, 0.5) is 14.5 Å². The molecule has 8 heteroatoms. The lowest BCUT2D eigenvalue weighted by molar-refractivity contribution is -0.385. The minimum atomic E-state index is -2.98. The molecule has 0 aliphatic carbocycles. The molecule has 2 unspecified atom stereocenters. The molecular formula is C14H18F2N2O4. The van der Waals surface area contributed by atoms with E-state index in [2.05, 4.69) is 4.74 Å². The van der Waals surface area contributed by atoms with E-state index >= 15 is 0 Å². The summed E-state index contributed by atoms with van der Waals surface area (Å²) in [4.78, 5) is 12.2. The van der Waals surface area contributed by atoms with Crippen LogP contribution in [0, 0.1) is 16.0 Å². The lowest BCUT2D eigenvalue weighted by Gasteiger charge is -2.19. The van der Waals surface area contributed by atoms with Gasteiger partial charge in [0.25, 0.3) is 5.69 Å². The van der Waals surface area contributed by atoms with Crippen LogP contribution in [0.25, 0.3) is 0 Å². The maximum atomic E-state index is 12.4. The Morgan fingerprint density at radius 3 is 2.82 bits per heavy atom. The highest BCUT2D eigenvalue weighted by molar-refractivity contribution is 5.43. The number of alkyl halides is 2. The number of rotatable bonds is 6. The molecule has 122 valence electrons. The molecule has 0 amide bonds. The van der Waals surface area contributed by atoms with Crippen LogP contribution in [0.5, 0.6) is 5.75 Å². The summed E-state index contributed by atoms with van der Waals surface area (Å²) >= 11 is 0. The van der Waals surface area contributed by atoms with Gasteiger partial charge in [-0.05, 0) is 31.9 Å². The molecule has 0 saturated carbocycles. The second kappa shape index (κ2) is 6.97. The number of ether oxygens (including phenoxy) is 1. The number of hydrogen-bond acceptors (Lipinski definition) is 5. The van der Waals surface area contributed by atoms with Crippen LogP contribution < -0.4 is 4.74 Å². The van der Waals surface area contributed by atoms with E-state index in [0.29, 0.717) is 18.7 Å². The summed E-state index contributed by atoms with van der Waals surface area (Å²) < 4.78 is 29.3. The Morgan fingerprint density at radius 2 is 2.27 bits per heavy atom. The number of nitro groups is 1. The normalized spacial score (nSPS) is 20.3.